The highest BCUT2D eigenvalue weighted by molar-refractivity contribution is 5.76. The van der Waals surface area contributed by atoms with Crippen LogP contribution in [0, 0.1) is 5.92 Å². The molecule has 0 saturated carbocycles. The molecule has 0 radical (unpaired) electrons. The number of β-amino-alcohol motifs (C(OH)–C–C–N with tert-alkyl or cyclic N) is 1. The van der Waals surface area contributed by atoms with Crippen molar-refractivity contribution in [2.24, 2.45) is 5.92 Å². The van der Waals surface area contributed by atoms with Crippen molar-refractivity contribution in [2.75, 3.05) is 32.1 Å². The van der Waals surface area contributed by atoms with E-state index in [-0.39, 0.29) is 43.0 Å². The Balaban J connectivity index is 2.23. The van der Waals surface area contributed by atoms with Crippen molar-refractivity contribution in [3.05, 3.63) is 11.9 Å². The zero-order valence-electron chi connectivity index (χ0n) is 12.6. The maximum Gasteiger partial charge on any atom is 0.451 e. The maximum absolute atomic E-state index is 12.8. The monoisotopic (exact) mass is 334 g/mol. The van der Waals surface area contributed by atoms with Gasteiger partial charge in [-0.25, -0.2) is 4.98 Å². The lowest BCUT2D eigenvalue weighted by atomic mass is 10.0. The second kappa shape index (κ2) is 6.57. The first-order valence-corrected chi connectivity index (χ1v) is 6.88. The van der Waals surface area contributed by atoms with E-state index in [1.807, 2.05) is 0 Å². The average Bonchev–Trinajstić information content (AvgIpc) is 2.86. The van der Waals surface area contributed by atoms with E-state index in [1.54, 1.807) is 0 Å². The number of rotatable bonds is 4. The van der Waals surface area contributed by atoms with E-state index in [0.717, 1.165) is 0 Å². The number of hydrogen-bond donors (Lipinski definition) is 2. The van der Waals surface area contributed by atoms with Crippen LogP contribution in [-0.2, 0) is 11.0 Å². The van der Waals surface area contributed by atoms with Gasteiger partial charge >= 0.3 is 6.18 Å². The highest BCUT2D eigenvalue weighted by Crippen LogP contribution is 2.32. The molecule has 128 valence electrons. The number of aliphatic hydroxyl groups is 1. The predicted octanol–water partition coefficient (Wildman–Crippen LogP) is 0.437. The number of halogens is 3. The number of aromatic nitrogens is 2. The molecule has 2 rings (SSSR count). The minimum atomic E-state index is -4.71. The Kier molecular flexibility index (Phi) is 4.93. The van der Waals surface area contributed by atoms with Crippen LogP contribution in [0.4, 0.5) is 19.0 Å². The van der Waals surface area contributed by atoms with Gasteiger partial charge in [0.1, 0.15) is 5.82 Å². The third kappa shape index (κ3) is 4.01. The van der Waals surface area contributed by atoms with Gasteiger partial charge in [0.25, 0.3) is 0 Å². The molecule has 1 saturated heterocycles. The first-order valence-electron chi connectivity index (χ1n) is 6.88. The van der Waals surface area contributed by atoms with E-state index >= 15 is 0 Å². The van der Waals surface area contributed by atoms with Crippen molar-refractivity contribution in [2.45, 2.75) is 18.7 Å². The van der Waals surface area contributed by atoms with Crippen LogP contribution in [0.1, 0.15) is 12.2 Å². The summed E-state index contributed by atoms with van der Waals surface area (Å²) >= 11 is 0. The standard InChI is InChI=1S/C13H17F3N4O3/c1-17-10(22)3-7-5-20(6-8(7)21)9-4-11(23-2)19-12(18-9)13(14,15)16/h4,7-8,21H,3,5-6H2,1-2H3,(H,17,22)/t7-,8-/m1/s1. The SMILES string of the molecule is CNC(=O)C[C@@H]1CN(c2cc(OC)nc(C(F)(F)F)n2)C[C@H]1O. The van der Waals surface area contributed by atoms with Crippen molar-refractivity contribution in [1.29, 1.82) is 0 Å². The van der Waals surface area contributed by atoms with Gasteiger partial charge in [0, 0.05) is 38.5 Å². The fourth-order valence-electron chi connectivity index (χ4n) is 2.39. The fourth-order valence-corrected chi connectivity index (χ4v) is 2.39. The topological polar surface area (TPSA) is 87.6 Å². The number of alkyl halides is 3. The summed E-state index contributed by atoms with van der Waals surface area (Å²) in [6.07, 6.45) is -5.45. The molecule has 0 unspecified atom stereocenters. The van der Waals surface area contributed by atoms with Gasteiger partial charge in [0.2, 0.25) is 17.6 Å². The molecule has 1 aromatic rings. The first kappa shape index (κ1) is 17.3. The van der Waals surface area contributed by atoms with E-state index in [4.69, 9.17) is 4.74 Å². The summed E-state index contributed by atoms with van der Waals surface area (Å²) in [6.45, 7) is 0.297. The second-order valence-corrected chi connectivity index (χ2v) is 5.20. The van der Waals surface area contributed by atoms with Gasteiger partial charge in [-0.2, -0.15) is 18.2 Å². The number of anilines is 1. The van der Waals surface area contributed by atoms with Crippen LogP contribution in [0.5, 0.6) is 5.88 Å². The number of carbonyl (C=O) groups is 1. The molecule has 1 aliphatic heterocycles. The molecule has 1 fully saturated rings. The van der Waals surface area contributed by atoms with Gasteiger partial charge in [0.05, 0.1) is 13.2 Å². The zero-order valence-corrected chi connectivity index (χ0v) is 12.6. The first-order chi connectivity index (χ1) is 10.7. The van der Waals surface area contributed by atoms with Gasteiger partial charge in [-0.1, -0.05) is 0 Å². The van der Waals surface area contributed by atoms with Crippen LogP contribution in [0.2, 0.25) is 0 Å². The number of aliphatic hydroxyl groups excluding tert-OH is 1. The van der Waals surface area contributed by atoms with E-state index in [9.17, 15) is 23.1 Å². The molecule has 1 amide bonds. The highest BCUT2D eigenvalue weighted by Gasteiger charge is 2.38. The molecule has 2 N–H and O–H groups in total. The summed E-state index contributed by atoms with van der Waals surface area (Å²) in [4.78, 5) is 19.7. The van der Waals surface area contributed by atoms with Crippen LogP contribution in [0.3, 0.4) is 0 Å². The molecule has 0 aromatic carbocycles. The van der Waals surface area contributed by atoms with E-state index in [1.165, 1.54) is 25.1 Å². The van der Waals surface area contributed by atoms with Gasteiger partial charge in [-0.05, 0) is 0 Å². The molecule has 2 atom stereocenters. The minimum Gasteiger partial charge on any atom is -0.481 e. The summed E-state index contributed by atoms with van der Waals surface area (Å²) in [7, 11) is 2.69. The summed E-state index contributed by atoms with van der Waals surface area (Å²) < 4.78 is 43.3. The van der Waals surface area contributed by atoms with Gasteiger partial charge in [-0.3, -0.25) is 4.79 Å². The molecule has 7 nitrogen and oxygen atoms in total. The molecule has 0 spiro atoms. The molecule has 23 heavy (non-hydrogen) atoms. The van der Waals surface area contributed by atoms with Crippen molar-refractivity contribution < 1.29 is 27.8 Å². The average molecular weight is 334 g/mol. The number of amides is 1. The molecule has 0 aliphatic carbocycles. The van der Waals surface area contributed by atoms with Crippen LogP contribution in [-0.4, -0.2) is 54.3 Å². The Morgan fingerprint density at radius 1 is 1.48 bits per heavy atom. The fraction of sp³-hybridized carbons (Fsp3) is 0.615. The largest absolute Gasteiger partial charge is 0.481 e. The Hall–Kier alpha value is -2.10. The summed E-state index contributed by atoms with van der Waals surface area (Å²) in [5.41, 5.74) is 0. The van der Waals surface area contributed by atoms with E-state index < -0.39 is 18.1 Å². The van der Waals surface area contributed by atoms with Crippen LogP contribution < -0.4 is 15.0 Å². The number of methoxy groups -OCH3 is 1. The Morgan fingerprint density at radius 3 is 2.74 bits per heavy atom. The maximum atomic E-state index is 12.8. The zero-order chi connectivity index (χ0) is 17.2. The van der Waals surface area contributed by atoms with Crippen molar-refractivity contribution in [3.63, 3.8) is 0 Å². The second-order valence-electron chi connectivity index (χ2n) is 5.20. The lowest BCUT2D eigenvalue weighted by Gasteiger charge is -2.19. The number of nitrogens with one attached hydrogen (secondary N) is 1. The normalized spacial score (nSPS) is 21.4. The Bertz CT molecular complexity index is 582. The highest BCUT2D eigenvalue weighted by atomic mass is 19.4. The molecule has 2 heterocycles. The van der Waals surface area contributed by atoms with Crippen molar-refractivity contribution in [1.82, 2.24) is 15.3 Å². The number of hydrogen-bond acceptors (Lipinski definition) is 6. The van der Waals surface area contributed by atoms with Crippen LogP contribution >= 0.6 is 0 Å². The summed E-state index contributed by atoms with van der Waals surface area (Å²) in [5, 5.41) is 12.5. The Morgan fingerprint density at radius 2 is 2.17 bits per heavy atom. The molecule has 0 bridgehead atoms. The molecule has 1 aliphatic rings. The van der Waals surface area contributed by atoms with Gasteiger partial charge in [0.15, 0.2) is 0 Å². The van der Waals surface area contributed by atoms with Gasteiger partial charge < -0.3 is 20.1 Å². The minimum absolute atomic E-state index is 0.00244. The Labute approximate surface area is 130 Å². The molecular weight excluding hydrogens is 317 g/mol. The molecular formula is C13H17F3N4O3. The van der Waals surface area contributed by atoms with Gasteiger partial charge in [-0.15, -0.1) is 0 Å². The number of carbonyl (C=O) groups excluding carboxylic acids is 1. The smallest absolute Gasteiger partial charge is 0.451 e. The summed E-state index contributed by atoms with van der Waals surface area (Å²) in [5.74, 6) is -2.15. The van der Waals surface area contributed by atoms with Crippen LogP contribution in [0.25, 0.3) is 0 Å². The number of nitrogens with zero attached hydrogens (tertiary/aromatic N) is 3. The predicted molar refractivity (Wildman–Crippen MR) is 74.0 cm³/mol. The van der Waals surface area contributed by atoms with Crippen molar-refractivity contribution >= 4 is 11.7 Å². The van der Waals surface area contributed by atoms with E-state index in [0.29, 0.717) is 0 Å². The lowest BCUT2D eigenvalue weighted by Crippen LogP contribution is -2.27. The van der Waals surface area contributed by atoms with E-state index in [2.05, 4.69) is 15.3 Å². The van der Waals surface area contributed by atoms with Crippen LogP contribution in [0.15, 0.2) is 6.07 Å². The van der Waals surface area contributed by atoms with Crippen molar-refractivity contribution in [3.8, 4) is 5.88 Å². The summed E-state index contributed by atoms with van der Waals surface area (Å²) in [6, 6.07) is 1.27. The lowest BCUT2D eigenvalue weighted by molar-refractivity contribution is -0.145. The molecule has 1 aromatic heterocycles. The quantitative estimate of drug-likeness (QED) is 0.831. The third-order valence-corrected chi connectivity index (χ3v) is 3.61. The number of ether oxygens (including phenoxy) is 1. The molecule has 10 heteroatoms. The third-order valence-electron chi connectivity index (χ3n) is 3.61.